The average Bonchev–Trinajstić information content (AvgIpc) is 2.82. The molecule has 1 aliphatic rings. The minimum Gasteiger partial charge on any atom is -0.0764 e. The summed E-state index contributed by atoms with van der Waals surface area (Å²) in [6.07, 6.45) is 21.9. The van der Waals surface area contributed by atoms with Crippen LogP contribution in [0.1, 0.15) is 113 Å². The van der Waals surface area contributed by atoms with Crippen LogP contribution in [0.15, 0.2) is 46.6 Å². The van der Waals surface area contributed by atoms with Gasteiger partial charge in [0.2, 0.25) is 0 Å². The van der Waals surface area contributed by atoms with Gasteiger partial charge in [0.1, 0.15) is 0 Å². The monoisotopic (exact) mass is 398 g/mol. The first-order valence-electron chi connectivity index (χ1n) is 12.3. The van der Waals surface area contributed by atoms with Gasteiger partial charge in [-0.1, -0.05) is 92.5 Å². The van der Waals surface area contributed by atoms with Crippen LogP contribution < -0.4 is 0 Å². The van der Waals surface area contributed by atoms with Gasteiger partial charge in [0.05, 0.1) is 0 Å². The third-order valence-electron chi connectivity index (χ3n) is 6.99. The molecule has 0 aromatic carbocycles. The summed E-state index contributed by atoms with van der Waals surface area (Å²) in [6.45, 7) is 18.3. The zero-order chi connectivity index (χ0) is 21.8. The normalized spacial score (nSPS) is 24.6. The molecule has 0 heterocycles. The van der Waals surface area contributed by atoms with Crippen molar-refractivity contribution < 1.29 is 0 Å². The van der Waals surface area contributed by atoms with Crippen LogP contribution in [0.25, 0.3) is 0 Å². The Balaban J connectivity index is 2.60. The van der Waals surface area contributed by atoms with Crippen molar-refractivity contribution in [1.82, 2.24) is 0 Å². The van der Waals surface area contributed by atoms with Gasteiger partial charge in [-0.15, -0.1) is 0 Å². The highest BCUT2D eigenvalue weighted by atomic mass is 14.3. The van der Waals surface area contributed by atoms with Crippen LogP contribution in [0.3, 0.4) is 0 Å². The van der Waals surface area contributed by atoms with Crippen molar-refractivity contribution in [2.45, 2.75) is 113 Å². The molecule has 0 spiro atoms. The largest absolute Gasteiger partial charge is 0.0764 e. The number of allylic oxidation sites excluding steroid dienone is 8. The van der Waals surface area contributed by atoms with E-state index < -0.39 is 0 Å². The maximum Gasteiger partial charge on any atom is -0.0231 e. The molecule has 0 radical (unpaired) electrons. The summed E-state index contributed by atoms with van der Waals surface area (Å²) in [5.74, 6) is 3.42. The molecule has 1 saturated carbocycles. The fourth-order valence-electron chi connectivity index (χ4n) is 4.85. The first-order chi connectivity index (χ1) is 13.7. The standard InChI is InChI=1S/C29H50/c1-22(2)17-19-24(5)21-28-15-11-9-14-27(8)29(28)16-12-10-13-25(6)26(7)20-18-23(3)4/h17-20,25,27-29H,9-16,21H2,1-8H3/b24-19+,26-20+. The molecule has 4 atom stereocenters. The molecule has 0 aromatic heterocycles. The summed E-state index contributed by atoms with van der Waals surface area (Å²) >= 11 is 0. The molecule has 1 rings (SSSR count). The SMILES string of the molecule is CC(C)=C/C=C(\C)CC1CCCCC(C)C1CCCCC(C)/C(C)=C/C=C(C)C. The van der Waals surface area contributed by atoms with Crippen LogP contribution in [0, 0.1) is 23.7 Å². The van der Waals surface area contributed by atoms with E-state index in [2.05, 4.69) is 79.7 Å². The summed E-state index contributed by atoms with van der Waals surface area (Å²) in [7, 11) is 0. The van der Waals surface area contributed by atoms with Gasteiger partial charge in [-0.05, 0) is 90.9 Å². The van der Waals surface area contributed by atoms with Gasteiger partial charge in [0, 0.05) is 0 Å². The number of hydrogen-bond acceptors (Lipinski definition) is 0. The fourth-order valence-corrected chi connectivity index (χ4v) is 4.85. The highest BCUT2D eigenvalue weighted by Gasteiger charge is 2.28. The van der Waals surface area contributed by atoms with Crippen molar-refractivity contribution in [3.63, 3.8) is 0 Å². The van der Waals surface area contributed by atoms with Gasteiger partial charge in [-0.2, -0.15) is 0 Å². The van der Waals surface area contributed by atoms with Crippen LogP contribution in [-0.4, -0.2) is 0 Å². The van der Waals surface area contributed by atoms with Gasteiger partial charge in [0.25, 0.3) is 0 Å². The van der Waals surface area contributed by atoms with Crippen molar-refractivity contribution in [2.75, 3.05) is 0 Å². The van der Waals surface area contributed by atoms with Crippen LogP contribution in [-0.2, 0) is 0 Å². The Kier molecular flexibility index (Phi) is 12.6. The molecule has 29 heavy (non-hydrogen) atoms. The third-order valence-corrected chi connectivity index (χ3v) is 6.99. The first kappa shape index (κ1) is 26.0. The predicted molar refractivity (Wildman–Crippen MR) is 133 cm³/mol. The van der Waals surface area contributed by atoms with Crippen LogP contribution >= 0.6 is 0 Å². The Hall–Kier alpha value is -1.04. The minimum absolute atomic E-state index is 0.710. The van der Waals surface area contributed by atoms with Gasteiger partial charge >= 0.3 is 0 Å². The number of unbranched alkanes of at least 4 members (excludes halogenated alkanes) is 1. The molecule has 4 unspecified atom stereocenters. The molecule has 1 aliphatic carbocycles. The van der Waals surface area contributed by atoms with E-state index in [4.69, 9.17) is 0 Å². The zero-order valence-electron chi connectivity index (χ0n) is 21.0. The van der Waals surface area contributed by atoms with E-state index in [0.29, 0.717) is 5.92 Å². The van der Waals surface area contributed by atoms with E-state index >= 15 is 0 Å². The first-order valence-corrected chi connectivity index (χ1v) is 12.3. The number of rotatable bonds is 10. The highest BCUT2D eigenvalue weighted by molar-refractivity contribution is 5.16. The molecule has 0 nitrogen and oxygen atoms in total. The van der Waals surface area contributed by atoms with Gasteiger partial charge in [-0.3, -0.25) is 0 Å². The van der Waals surface area contributed by atoms with Crippen LogP contribution in [0.2, 0.25) is 0 Å². The third kappa shape index (κ3) is 11.1. The van der Waals surface area contributed by atoms with Gasteiger partial charge < -0.3 is 0 Å². The lowest BCUT2D eigenvalue weighted by Crippen LogP contribution is -2.21. The Morgan fingerprint density at radius 1 is 0.828 bits per heavy atom. The summed E-state index contributed by atoms with van der Waals surface area (Å²) in [6, 6.07) is 0. The van der Waals surface area contributed by atoms with E-state index in [1.807, 2.05) is 0 Å². The van der Waals surface area contributed by atoms with Crippen molar-refractivity contribution >= 4 is 0 Å². The molecule has 0 N–H and O–H groups in total. The quantitative estimate of drug-likeness (QED) is 0.195. The van der Waals surface area contributed by atoms with E-state index in [1.54, 1.807) is 5.57 Å². The molecule has 0 bridgehead atoms. The summed E-state index contributed by atoms with van der Waals surface area (Å²) < 4.78 is 0. The van der Waals surface area contributed by atoms with Gasteiger partial charge in [0.15, 0.2) is 0 Å². The topological polar surface area (TPSA) is 0 Å². The minimum atomic E-state index is 0.710. The highest BCUT2D eigenvalue weighted by Crippen LogP contribution is 2.39. The molecule has 0 saturated heterocycles. The second-order valence-corrected chi connectivity index (χ2v) is 10.5. The molecule has 0 amide bonds. The van der Waals surface area contributed by atoms with Crippen molar-refractivity contribution in [3.8, 4) is 0 Å². The molecule has 166 valence electrons. The Morgan fingerprint density at radius 3 is 2.10 bits per heavy atom. The van der Waals surface area contributed by atoms with E-state index in [0.717, 1.165) is 17.8 Å². The summed E-state index contributed by atoms with van der Waals surface area (Å²) in [4.78, 5) is 0. The fraction of sp³-hybridized carbons (Fsp3) is 0.724. The van der Waals surface area contributed by atoms with Crippen LogP contribution in [0.5, 0.6) is 0 Å². The summed E-state index contributed by atoms with van der Waals surface area (Å²) in [5, 5.41) is 0. The molecular formula is C29H50. The lowest BCUT2D eigenvalue weighted by molar-refractivity contribution is 0.218. The van der Waals surface area contributed by atoms with Gasteiger partial charge in [-0.25, -0.2) is 0 Å². The van der Waals surface area contributed by atoms with Crippen LogP contribution in [0.4, 0.5) is 0 Å². The zero-order valence-corrected chi connectivity index (χ0v) is 21.0. The van der Waals surface area contributed by atoms with Crippen molar-refractivity contribution in [1.29, 1.82) is 0 Å². The molecule has 0 aromatic rings. The Bertz CT molecular complexity index is 575. The Morgan fingerprint density at radius 2 is 1.45 bits per heavy atom. The van der Waals surface area contributed by atoms with Crippen molar-refractivity contribution in [3.05, 3.63) is 46.6 Å². The molecular weight excluding hydrogens is 348 g/mol. The predicted octanol–water partition coefficient (Wildman–Crippen LogP) is 9.84. The van der Waals surface area contributed by atoms with Crippen molar-refractivity contribution in [2.24, 2.45) is 23.7 Å². The Labute approximate surface area is 183 Å². The lowest BCUT2D eigenvalue weighted by Gasteiger charge is -2.30. The lowest BCUT2D eigenvalue weighted by atomic mass is 9.75. The smallest absolute Gasteiger partial charge is 0.0231 e. The van der Waals surface area contributed by atoms with E-state index in [-0.39, 0.29) is 0 Å². The summed E-state index contributed by atoms with van der Waals surface area (Å²) in [5.41, 5.74) is 5.90. The van der Waals surface area contributed by atoms with E-state index in [9.17, 15) is 0 Å². The maximum absolute atomic E-state index is 2.53. The number of hydrogen-bond donors (Lipinski definition) is 0. The molecule has 0 aliphatic heterocycles. The molecule has 1 fully saturated rings. The maximum atomic E-state index is 2.53. The van der Waals surface area contributed by atoms with E-state index in [1.165, 1.54) is 74.5 Å². The second-order valence-electron chi connectivity index (χ2n) is 10.5. The molecule has 0 heteroatoms. The second kappa shape index (κ2) is 14.1. The average molecular weight is 399 g/mol.